The number of carbonyl (C=O) groups excluding carboxylic acids is 2. The predicted octanol–water partition coefficient (Wildman–Crippen LogP) is 4.37. The molecule has 5 heteroatoms. The third kappa shape index (κ3) is 11.2. The van der Waals surface area contributed by atoms with Crippen LogP contribution in [-0.2, 0) is 23.8 Å². The number of esters is 2. The van der Waals surface area contributed by atoms with E-state index in [0.717, 1.165) is 6.42 Å². The highest BCUT2D eigenvalue weighted by Gasteiger charge is 2.29. The van der Waals surface area contributed by atoms with Gasteiger partial charge in [-0.2, -0.15) is 0 Å². The van der Waals surface area contributed by atoms with Crippen molar-refractivity contribution in [2.45, 2.75) is 93.0 Å². The van der Waals surface area contributed by atoms with Crippen LogP contribution in [0, 0.1) is 17.8 Å². The van der Waals surface area contributed by atoms with Gasteiger partial charge in [0.2, 0.25) is 0 Å². The molecule has 0 radical (unpaired) electrons. The second-order valence-electron chi connectivity index (χ2n) is 8.60. The van der Waals surface area contributed by atoms with E-state index >= 15 is 0 Å². The van der Waals surface area contributed by atoms with Gasteiger partial charge in [0.25, 0.3) is 0 Å². The SMILES string of the molecule is CC(C)CCO[C@@H](C)[C@H](OC(=O)[C@H](C)CC(=O)OC(C)(C)C)C(C)C. The minimum atomic E-state index is -0.556. The molecule has 0 aromatic heterocycles. The van der Waals surface area contributed by atoms with Crippen molar-refractivity contribution in [1.29, 1.82) is 0 Å². The smallest absolute Gasteiger partial charge is 0.309 e. The van der Waals surface area contributed by atoms with Crippen molar-refractivity contribution in [3.63, 3.8) is 0 Å². The van der Waals surface area contributed by atoms with E-state index < -0.39 is 11.5 Å². The Hall–Kier alpha value is -1.10. The summed E-state index contributed by atoms with van der Waals surface area (Å²) < 4.78 is 16.7. The summed E-state index contributed by atoms with van der Waals surface area (Å²) in [6, 6.07) is 0. The molecular weight excluding hydrogens is 320 g/mol. The van der Waals surface area contributed by atoms with E-state index in [1.54, 1.807) is 27.7 Å². The van der Waals surface area contributed by atoms with Gasteiger partial charge < -0.3 is 14.2 Å². The molecule has 0 rings (SSSR count). The van der Waals surface area contributed by atoms with Crippen molar-refractivity contribution < 1.29 is 23.8 Å². The van der Waals surface area contributed by atoms with Crippen LogP contribution < -0.4 is 0 Å². The van der Waals surface area contributed by atoms with Crippen molar-refractivity contribution in [3.8, 4) is 0 Å². The summed E-state index contributed by atoms with van der Waals surface area (Å²) >= 11 is 0. The third-order valence-electron chi connectivity index (χ3n) is 3.74. The first kappa shape index (κ1) is 23.9. The zero-order chi connectivity index (χ0) is 19.8. The zero-order valence-corrected chi connectivity index (χ0v) is 17.5. The Morgan fingerprint density at radius 2 is 1.52 bits per heavy atom. The van der Waals surface area contributed by atoms with Gasteiger partial charge in [-0.25, -0.2) is 0 Å². The van der Waals surface area contributed by atoms with E-state index in [1.165, 1.54) is 0 Å². The van der Waals surface area contributed by atoms with Gasteiger partial charge in [-0.1, -0.05) is 34.6 Å². The Bertz CT molecular complexity index is 409. The maximum atomic E-state index is 12.4. The summed E-state index contributed by atoms with van der Waals surface area (Å²) in [6.45, 7) is 18.0. The Morgan fingerprint density at radius 3 is 1.96 bits per heavy atom. The first-order valence-corrected chi connectivity index (χ1v) is 9.37. The number of carbonyl (C=O) groups is 2. The summed E-state index contributed by atoms with van der Waals surface area (Å²) in [5, 5.41) is 0. The van der Waals surface area contributed by atoms with Gasteiger partial charge in [0.15, 0.2) is 0 Å². The molecule has 3 atom stereocenters. The molecule has 0 fully saturated rings. The molecule has 0 saturated carbocycles. The molecule has 0 aromatic carbocycles. The maximum absolute atomic E-state index is 12.4. The lowest BCUT2D eigenvalue weighted by Crippen LogP contribution is -2.38. The Labute approximate surface area is 153 Å². The summed E-state index contributed by atoms with van der Waals surface area (Å²) in [5.74, 6) is -0.616. The van der Waals surface area contributed by atoms with E-state index in [0.29, 0.717) is 12.5 Å². The normalized spacial score (nSPS) is 15.8. The van der Waals surface area contributed by atoms with Crippen LogP contribution in [0.15, 0.2) is 0 Å². The zero-order valence-electron chi connectivity index (χ0n) is 17.5. The number of hydrogen-bond donors (Lipinski definition) is 0. The molecule has 0 N–H and O–H groups in total. The quantitative estimate of drug-likeness (QED) is 0.543. The van der Waals surface area contributed by atoms with Crippen LogP contribution in [0.2, 0.25) is 0 Å². The monoisotopic (exact) mass is 358 g/mol. The fraction of sp³-hybridized carbons (Fsp3) is 0.900. The van der Waals surface area contributed by atoms with Gasteiger partial charge >= 0.3 is 11.9 Å². The summed E-state index contributed by atoms with van der Waals surface area (Å²) in [5.41, 5.74) is -0.556. The van der Waals surface area contributed by atoms with Crippen LogP contribution >= 0.6 is 0 Å². The summed E-state index contributed by atoms with van der Waals surface area (Å²) in [4.78, 5) is 24.2. The molecule has 0 heterocycles. The molecule has 0 saturated heterocycles. The number of rotatable bonds is 10. The van der Waals surface area contributed by atoms with Gasteiger partial charge in [-0.15, -0.1) is 0 Å². The van der Waals surface area contributed by atoms with Crippen molar-refractivity contribution in [2.75, 3.05) is 6.61 Å². The molecule has 25 heavy (non-hydrogen) atoms. The highest BCUT2D eigenvalue weighted by molar-refractivity contribution is 5.79. The van der Waals surface area contributed by atoms with E-state index in [9.17, 15) is 9.59 Å². The van der Waals surface area contributed by atoms with E-state index in [1.807, 2.05) is 20.8 Å². The van der Waals surface area contributed by atoms with Crippen LogP contribution in [0.1, 0.15) is 75.2 Å². The third-order valence-corrected chi connectivity index (χ3v) is 3.74. The molecule has 148 valence electrons. The summed E-state index contributed by atoms with van der Waals surface area (Å²) in [7, 11) is 0. The standard InChI is InChI=1S/C20H38O5/c1-13(2)10-11-23-16(6)18(14(3)4)24-19(22)15(5)12-17(21)25-20(7,8)9/h13-16,18H,10-12H2,1-9H3/t15-,16+,18-/m1/s1. The van der Waals surface area contributed by atoms with Gasteiger partial charge in [-0.3, -0.25) is 9.59 Å². The lowest BCUT2D eigenvalue weighted by atomic mass is 10.0. The molecule has 0 bridgehead atoms. The highest BCUT2D eigenvalue weighted by Crippen LogP contribution is 2.19. The molecule has 0 aliphatic rings. The van der Waals surface area contributed by atoms with Crippen LogP contribution in [-0.4, -0.2) is 36.4 Å². The minimum absolute atomic E-state index is 0.0174. The van der Waals surface area contributed by atoms with Crippen LogP contribution in [0.25, 0.3) is 0 Å². The average Bonchev–Trinajstić information content (AvgIpc) is 2.40. The Balaban J connectivity index is 4.59. The molecule has 0 aliphatic heterocycles. The molecule has 0 aromatic rings. The summed E-state index contributed by atoms with van der Waals surface area (Å²) in [6.07, 6.45) is 0.471. The first-order chi connectivity index (χ1) is 11.3. The van der Waals surface area contributed by atoms with Gasteiger partial charge in [0.05, 0.1) is 18.4 Å². The largest absolute Gasteiger partial charge is 0.460 e. The van der Waals surface area contributed by atoms with Crippen LogP contribution in [0.5, 0.6) is 0 Å². The minimum Gasteiger partial charge on any atom is -0.460 e. The number of ether oxygens (including phenoxy) is 3. The van der Waals surface area contributed by atoms with Crippen molar-refractivity contribution in [3.05, 3.63) is 0 Å². The lowest BCUT2D eigenvalue weighted by molar-refractivity contribution is -0.170. The van der Waals surface area contributed by atoms with Crippen molar-refractivity contribution in [1.82, 2.24) is 0 Å². The molecule has 0 aliphatic carbocycles. The van der Waals surface area contributed by atoms with E-state index in [4.69, 9.17) is 14.2 Å². The lowest BCUT2D eigenvalue weighted by Gasteiger charge is -2.29. The maximum Gasteiger partial charge on any atom is 0.309 e. The second-order valence-corrected chi connectivity index (χ2v) is 8.60. The fourth-order valence-corrected chi connectivity index (χ4v) is 2.33. The Morgan fingerprint density at radius 1 is 0.960 bits per heavy atom. The van der Waals surface area contributed by atoms with Crippen molar-refractivity contribution >= 4 is 11.9 Å². The van der Waals surface area contributed by atoms with Gasteiger partial charge in [-0.05, 0) is 46.0 Å². The highest BCUT2D eigenvalue weighted by atomic mass is 16.6. The molecule has 0 spiro atoms. The molecule has 0 unspecified atom stereocenters. The molecular formula is C20H38O5. The van der Waals surface area contributed by atoms with Crippen LogP contribution in [0.4, 0.5) is 0 Å². The predicted molar refractivity (Wildman–Crippen MR) is 99.2 cm³/mol. The van der Waals surface area contributed by atoms with Gasteiger partial charge in [0, 0.05) is 6.61 Å². The first-order valence-electron chi connectivity index (χ1n) is 9.37. The molecule has 5 nitrogen and oxygen atoms in total. The van der Waals surface area contributed by atoms with Gasteiger partial charge in [0.1, 0.15) is 11.7 Å². The second kappa shape index (κ2) is 10.8. The molecule has 0 amide bonds. The van der Waals surface area contributed by atoms with Crippen LogP contribution in [0.3, 0.4) is 0 Å². The Kier molecular flexibility index (Phi) is 10.3. The van der Waals surface area contributed by atoms with E-state index in [2.05, 4.69) is 13.8 Å². The fourth-order valence-electron chi connectivity index (χ4n) is 2.33. The number of hydrogen-bond acceptors (Lipinski definition) is 5. The van der Waals surface area contributed by atoms with Crippen molar-refractivity contribution in [2.24, 2.45) is 17.8 Å². The topological polar surface area (TPSA) is 61.8 Å². The average molecular weight is 359 g/mol. The van der Waals surface area contributed by atoms with E-state index in [-0.39, 0.29) is 36.5 Å².